The molecule has 16 heavy (non-hydrogen) atoms. The van der Waals surface area contributed by atoms with E-state index in [1.165, 1.54) is 25.6 Å². The number of nitrogens with one attached hydrogen (secondary N) is 1. The molecule has 1 aromatic rings. The van der Waals surface area contributed by atoms with Crippen LogP contribution in [0.5, 0.6) is 0 Å². The van der Waals surface area contributed by atoms with Crippen molar-refractivity contribution >= 4 is 5.91 Å². The van der Waals surface area contributed by atoms with Gasteiger partial charge in [-0.3, -0.25) is 9.89 Å². The van der Waals surface area contributed by atoms with Crippen molar-refractivity contribution in [2.45, 2.75) is 38.6 Å². The second kappa shape index (κ2) is 4.63. The minimum atomic E-state index is -0.0590. The Kier molecular flexibility index (Phi) is 3.22. The standard InChI is InChI=1S/C11H18N4O/c1-8-5-3-4-6-9(8)15(2)11(16)10-12-7-13-14-10/h7-9H,3-6H2,1-2H3,(H,12,13,14). The van der Waals surface area contributed by atoms with Crippen LogP contribution in [-0.2, 0) is 0 Å². The summed E-state index contributed by atoms with van der Waals surface area (Å²) in [4.78, 5) is 17.8. The number of rotatable bonds is 2. The SMILES string of the molecule is CC1CCCCC1N(C)C(=O)c1ncn[nH]1. The molecule has 0 aliphatic heterocycles. The molecule has 0 aromatic carbocycles. The summed E-state index contributed by atoms with van der Waals surface area (Å²) in [5.74, 6) is 0.849. The minimum Gasteiger partial charge on any atom is -0.336 e. The summed E-state index contributed by atoms with van der Waals surface area (Å²) in [7, 11) is 1.86. The number of aromatic nitrogens is 3. The molecule has 2 atom stereocenters. The molecule has 0 spiro atoms. The Hall–Kier alpha value is -1.39. The summed E-state index contributed by atoms with van der Waals surface area (Å²) in [5, 5.41) is 6.33. The molecule has 5 heteroatoms. The number of carbonyl (C=O) groups is 1. The van der Waals surface area contributed by atoms with Gasteiger partial charge in [0.15, 0.2) is 0 Å². The number of H-pyrrole nitrogens is 1. The molecule has 1 heterocycles. The first-order valence-electron chi connectivity index (χ1n) is 5.82. The molecule has 1 aromatic heterocycles. The summed E-state index contributed by atoms with van der Waals surface area (Å²) in [6, 6.07) is 0.339. The number of hydrogen-bond donors (Lipinski definition) is 1. The largest absolute Gasteiger partial charge is 0.336 e. The van der Waals surface area contributed by atoms with Gasteiger partial charge in [-0.15, -0.1) is 0 Å². The molecule has 2 unspecified atom stereocenters. The van der Waals surface area contributed by atoms with Crippen molar-refractivity contribution in [3.05, 3.63) is 12.2 Å². The number of amides is 1. The van der Waals surface area contributed by atoms with E-state index in [2.05, 4.69) is 22.1 Å². The van der Waals surface area contributed by atoms with E-state index in [9.17, 15) is 4.79 Å². The van der Waals surface area contributed by atoms with Gasteiger partial charge < -0.3 is 4.90 Å². The van der Waals surface area contributed by atoms with Gasteiger partial charge >= 0.3 is 0 Å². The van der Waals surface area contributed by atoms with Gasteiger partial charge in [0.1, 0.15) is 6.33 Å². The number of nitrogens with zero attached hydrogens (tertiary/aromatic N) is 3. The molecule has 1 fully saturated rings. The lowest BCUT2D eigenvalue weighted by atomic mass is 9.85. The molecular formula is C11H18N4O. The lowest BCUT2D eigenvalue weighted by Crippen LogP contribution is -2.43. The van der Waals surface area contributed by atoms with E-state index in [0.29, 0.717) is 17.8 Å². The molecule has 1 amide bonds. The zero-order valence-electron chi connectivity index (χ0n) is 9.81. The molecule has 0 saturated heterocycles. The molecule has 1 saturated carbocycles. The third-order valence-electron chi connectivity index (χ3n) is 3.50. The zero-order valence-corrected chi connectivity index (χ0v) is 9.81. The van der Waals surface area contributed by atoms with Gasteiger partial charge in [0.25, 0.3) is 5.91 Å². The Labute approximate surface area is 95.2 Å². The summed E-state index contributed by atoms with van der Waals surface area (Å²) in [6.45, 7) is 2.22. The van der Waals surface area contributed by atoms with E-state index in [1.807, 2.05) is 11.9 Å². The summed E-state index contributed by atoms with van der Waals surface area (Å²) >= 11 is 0. The highest BCUT2D eigenvalue weighted by Crippen LogP contribution is 2.27. The molecule has 5 nitrogen and oxygen atoms in total. The van der Waals surface area contributed by atoms with Crippen molar-refractivity contribution in [1.82, 2.24) is 20.1 Å². The van der Waals surface area contributed by atoms with Crippen molar-refractivity contribution in [2.24, 2.45) is 5.92 Å². The Morgan fingerprint density at radius 1 is 1.50 bits per heavy atom. The fourth-order valence-corrected chi connectivity index (χ4v) is 2.50. The van der Waals surface area contributed by atoms with Gasteiger partial charge in [-0.1, -0.05) is 19.8 Å². The lowest BCUT2D eigenvalue weighted by Gasteiger charge is -2.35. The minimum absolute atomic E-state index is 0.0590. The van der Waals surface area contributed by atoms with Crippen molar-refractivity contribution in [3.63, 3.8) is 0 Å². The van der Waals surface area contributed by atoms with Crippen LogP contribution in [0.15, 0.2) is 6.33 Å². The van der Waals surface area contributed by atoms with E-state index in [-0.39, 0.29) is 5.91 Å². The molecule has 1 N–H and O–H groups in total. The molecule has 1 aliphatic rings. The first-order chi connectivity index (χ1) is 7.70. The smallest absolute Gasteiger partial charge is 0.291 e. The van der Waals surface area contributed by atoms with Crippen LogP contribution in [0.3, 0.4) is 0 Å². The Morgan fingerprint density at radius 2 is 2.25 bits per heavy atom. The van der Waals surface area contributed by atoms with Crippen LogP contribution in [-0.4, -0.2) is 39.1 Å². The second-order valence-corrected chi connectivity index (χ2v) is 4.58. The maximum atomic E-state index is 12.0. The van der Waals surface area contributed by atoms with Gasteiger partial charge in [0, 0.05) is 13.1 Å². The average molecular weight is 222 g/mol. The average Bonchev–Trinajstić information content (AvgIpc) is 2.81. The van der Waals surface area contributed by atoms with Gasteiger partial charge in [0.2, 0.25) is 5.82 Å². The van der Waals surface area contributed by atoms with E-state index in [1.54, 1.807) is 0 Å². The molecule has 88 valence electrons. The number of carbonyl (C=O) groups excluding carboxylic acids is 1. The highest BCUT2D eigenvalue weighted by Gasteiger charge is 2.29. The van der Waals surface area contributed by atoms with Gasteiger partial charge in [0.05, 0.1) is 0 Å². The second-order valence-electron chi connectivity index (χ2n) is 4.58. The van der Waals surface area contributed by atoms with E-state index >= 15 is 0 Å². The maximum absolute atomic E-state index is 12.0. The predicted molar refractivity (Wildman–Crippen MR) is 59.9 cm³/mol. The first-order valence-corrected chi connectivity index (χ1v) is 5.82. The summed E-state index contributed by atoms with van der Waals surface area (Å²) in [5.41, 5.74) is 0. The third-order valence-corrected chi connectivity index (χ3v) is 3.50. The van der Waals surface area contributed by atoms with Crippen molar-refractivity contribution < 1.29 is 4.79 Å². The molecule has 0 bridgehead atoms. The Bertz CT molecular complexity index is 349. The van der Waals surface area contributed by atoms with Crippen molar-refractivity contribution in [3.8, 4) is 0 Å². The third kappa shape index (κ3) is 2.08. The van der Waals surface area contributed by atoms with E-state index in [0.717, 1.165) is 6.42 Å². The number of aromatic amines is 1. The van der Waals surface area contributed by atoms with E-state index < -0.39 is 0 Å². The van der Waals surface area contributed by atoms with E-state index in [4.69, 9.17) is 0 Å². The quantitative estimate of drug-likeness (QED) is 0.824. The van der Waals surface area contributed by atoms with Crippen molar-refractivity contribution in [2.75, 3.05) is 7.05 Å². The van der Waals surface area contributed by atoms with Crippen LogP contribution in [0.4, 0.5) is 0 Å². The normalized spacial score (nSPS) is 25.4. The highest BCUT2D eigenvalue weighted by atomic mass is 16.2. The first kappa shape index (κ1) is 11.1. The van der Waals surface area contributed by atoms with Crippen LogP contribution in [0.2, 0.25) is 0 Å². The summed E-state index contributed by atoms with van der Waals surface area (Å²) < 4.78 is 0. The van der Waals surface area contributed by atoms with Crippen molar-refractivity contribution in [1.29, 1.82) is 0 Å². The lowest BCUT2D eigenvalue weighted by molar-refractivity contribution is 0.0617. The molecule has 0 radical (unpaired) electrons. The van der Waals surface area contributed by atoms with Gasteiger partial charge in [-0.2, -0.15) is 5.10 Å². The fourth-order valence-electron chi connectivity index (χ4n) is 2.50. The van der Waals surface area contributed by atoms with Crippen LogP contribution in [0.25, 0.3) is 0 Å². The van der Waals surface area contributed by atoms with Crippen LogP contribution >= 0.6 is 0 Å². The zero-order chi connectivity index (χ0) is 11.5. The Morgan fingerprint density at radius 3 is 2.88 bits per heavy atom. The fraction of sp³-hybridized carbons (Fsp3) is 0.727. The number of hydrogen-bond acceptors (Lipinski definition) is 3. The topological polar surface area (TPSA) is 61.9 Å². The predicted octanol–water partition coefficient (Wildman–Crippen LogP) is 1.46. The van der Waals surface area contributed by atoms with Crippen LogP contribution in [0.1, 0.15) is 43.2 Å². The molecule has 2 rings (SSSR count). The maximum Gasteiger partial charge on any atom is 0.291 e. The molecular weight excluding hydrogens is 204 g/mol. The van der Waals surface area contributed by atoms with Crippen LogP contribution in [0, 0.1) is 5.92 Å². The van der Waals surface area contributed by atoms with Gasteiger partial charge in [-0.05, 0) is 18.8 Å². The highest BCUT2D eigenvalue weighted by molar-refractivity contribution is 5.90. The van der Waals surface area contributed by atoms with Gasteiger partial charge in [-0.25, -0.2) is 4.98 Å². The summed E-state index contributed by atoms with van der Waals surface area (Å²) in [6.07, 6.45) is 6.16. The molecule has 1 aliphatic carbocycles. The Balaban J connectivity index is 2.06. The monoisotopic (exact) mass is 222 g/mol. The van der Waals surface area contributed by atoms with Crippen LogP contribution < -0.4 is 0 Å².